The number of benzene rings is 3. The molecule has 0 radical (unpaired) electrons. The molecule has 1 N–H and O–H groups in total. The van der Waals surface area contributed by atoms with Crippen LogP contribution in [0.5, 0.6) is 11.5 Å². The van der Waals surface area contributed by atoms with Crippen LogP contribution >= 0.6 is 0 Å². The number of nitro benzene ring substituents is 1. The third-order valence-corrected chi connectivity index (χ3v) is 6.71. The van der Waals surface area contributed by atoms with Gasteiger partial charge in [-0.2, -0.15) is 0 Å². The number of nitro groups is 1. The molecule has 0 bridgehead atoms. The zero-order chi connectivity index (χ0) is 26.5. The van der Waals surface area contributed by atoms with E-state index in [1.165, 1.54) is 32.2 Å². The Balaban J connectivity index is 1.74. The highest BCUT2D eigenvalue weighted by Crippen LogP contribution is 2.31. The van der Waals surface area contributed by atoms with E-state index < -0.39 is 14.9 Å². The van der Waals surface area contributed by atoms with Crippen molar-refractivity contribution >= 4 is 27.3 Å². The number of sulfonamides is 1. The molecule has 0 spiro atoms. The van der Waals surface area contributed by atoms with E-state index in [0.717, 1.165) is 16.1 Å². The minimum atomic E-state index is -3.75. The first-order chi connectivity index (χ1) is 17.0. The van der Waals surface area contributed by atoms with E-state index in [1.54, 1.807) is 43.5 Å². The Kier molecular flexibility index (Phi) is 8.15. The Bertz CT molecular complexity index is 1370. The summed E-state index contributed by atoms with van der Waals surface area (Å²) in [5, 5.41) is 14.1. The Morgan fingerprint density at radius 3 is 2.22 bits per heavy atom. The maximum Gasteiger partial charge on any atom is 0.274 e. The molecule has 0 aliphatic carbocycles. The third kappa shape index (κ3) is 6.11. The summed E-state index contributed by atoms with van der Waals surface area (Å²) >= 11 is 0. The van der Waals surface area contributed by atoms with Gasteiger partial charge in [0.2, 0.25) is 10.0 Å². The number of hydrogen-bond acceptors (Lipinski definition) is 7. The number of nitrogens with one attached hydrogen (secondary N) is 1. The maximum atomic E-state index is 12.6. The summed E-state index contributed by atoms with van der Waals surface area (Å²) in [5.41, 5.74) is 2.15. The van der Waals surface area contributed by atoms with Crippen molar-refractivity contribution in [3.63, 3.8) is 0 Å². The lowest BCUT2D eigenvalue weighted by molar-refractivity contribution is -0.385. The van der Waals surface area contributed by atoms with Gasteiger partial charge in [0.25, 0.3) is 11.6 Å². The first kappa shape index (κ1) is 26.5. The molecule has 0 unspecified atom stereocenters. The monoisotopic (exact) mass is 513 g/mol. The van der Waals surface area contributed by atoms with Gasteiger partial charge in [0.1, 0.15) is 0 Å². The number of carbonyl (C=O) groups excluding carboxylic acids is 1. The van der Waals surface area contributed by atoms with Crippen molar-refractivity contribution < 1.29 is 27.6 Å². The minimum absolute atomic E-state index is 0.0472. The summed E-state index contributed by atoms with van der Waals surface area (Å²) in [6, 6.07) is 16.1. The number of ether oxygens (including phenoxy) is 2. The van der Waals surface area contributed by atoms with Gasteiger partial charge < -0.3 is 14.8 Å². The quantitative estimate of drug-likeness (QED) is 0.322. The maximum absolute atomic E-state index is 12.6. The molecular formula is C25H27N3O7S. The molecule has 0 saturated carbocycles. The number of nitrogens with zero attached hydrogens (tertiary/aromatic N) is 2. The van der Waals surface area contributed by atoms with Crippen LogP contribution in [0.2, 0.25) is 0 Å². The topological polar surface area (TPSA) is 128 Å². The SMILES string of the molecule is COc1ccc(CNC(=O)c2ccc(CN(c3cccc([N+](=O)[O-])c3C)S(C)(=O)=O)cc2)cc1OC. The zero-order valence-corrected chi connectivity index (χ0v) is 21.2. The van der Waals surface area contributed by atoms with Gasteiger partial charge >= 0.3 is 0 Å². The molecule has 0 heterocycles. The number of amides is 1. The summed E-state index contributed by atoms with van der Waals surface area (Å²) in [6.45, 7) is 1.74. The van der Waals surface area contributed by atoms with Crippen molar-refractivity contribution in [2.24, 2.45) is 0 Å². The predicted octanol–water partition coefficient (Wildman–Crippen LogP) is 3.82. The molecule has 11 heteroatoms. The smallest absolute Gasteiger partial charge is 0.274 e. The van der Waals surface area contributed by atoms with Crippen LogP contribution < -0.4 is 19.1 Å². The summed E-state index contributed by atoms with van der Waals surface area (Å²) < 4.78 is 36.7. The third-order valence-electron chi connectivity index (χ3n) is 5.59. The Morgan fingerprint density at radius 1 is 1.00 bits per heavy atom. The largest absolute Gasteiger partial charge is 0.493 e. The van der Waals surface area contributed by atoms with Gasteiger partial charge in [-0.25, -0.2) is 8.42 Å². The molecule has 190 valence electrons. The second kappa shape index (κ2) is 11.1. The van der Waals surface area contributed by atoms with E-state index in [4.69, 9.17) is 9.47 Å². The Hall–Kier alpha value is -4.12. The van der Waals surface area contributed by atoms with Gasteiger partial charge in [-0.1, -0.05) is 24.3 Å². The molecule has 3 aromatic rings. The molecule has 3 rings (SSSR count). The van der Waals surface area contributed by atoms with Crippen LogP contribution in [-0.4, -0.2) is 39.7 Å². The molecule has 0 atom stereocenters. The van der Waals surface area contributed by atoms with Crippen LogP contribution in [0, 0.1) is 17.0 Å². The van der Waals surface area contributed by atoms with Gasteiger partial charge in [-0.3, -0.25) is 19.2 Å². The summed E-state index contributed by atoms with van der Waals surface area (Å²) in [6.07, 6.45) is 1.04. The molecule has 0 aliphatic heterocycles. The van der Waals surface area contributed by atoms with Crippen LogP contribution in [0.15, 0.2) is 60.7 Å². The van der Waals surface area contributed by atoms with E-state index in [0.29, 0.717) is 22.6 Å². The number of hydrogen-bond donors (Lipinski definition) is 1. The highest BCUT2D eigenvalue weighted by Gasteiger charge is 2.24. The molecule has 3 aromatic carbocycles. The molecule has 36 heavy (non-hydrogen) atoms. The van der Waals surface area contributed by atoms with E-state index in [9.17, 15) is 23.3 Å². The second-order valence-electron chi connectivity index (χ2n) is 8.02. The fourth-order valence-corrected chi connectivity index (χ4v) is 4.60. The first-order valence-corrected chi connectivity index (χ1v) is 12.7. The fourth-order valence-electron chi connectivity index (χ4n) is 3.66. The van der Waals surface area contributed by atoms with Gasteiger partial charge in [0.15, 0.2) is 11.5 Å². The Morgan fingerprint density at radius 2 is 1.64 bits per heavy atom. The highest BCUT2D eigenvalue weighted by atomic mass is 32.2. The van der Waals surface area contributed by atoms with E-state index in [1.807, 2.05) is 6.07 Å². The van der Waals surface area contributed by atoms with Crippen molar-refractivity contribution in [1.29, 1.82) is 0 Å². The summed E-state index contributed by atoms with van der Waals surface area (Å²) in [5.74, 6) is 0.848. The molecule has 0 saturated heterocycles. The van der Waals surface area contributed by atoms with E-state index >= 15 is 0 Å². The van der Waals surface area contributed by atoms with Crippen LogP contribution in [0.25, 0.3) is 0 Å². The molecule has 10 nitrogen and oxygen atoms in total. The minimum Gasteiger partial charge on any atom is -0.493 e. The van der Waals surface area contributed by atoms with Crippen molar-refractivity contribution in [2.75, 3.05) is 24.8 Å². The molecule has 0 aromatic heterocycles. The number of methoxy groups -OCH3 is 2. The average molecular weight is 514 g/mol. The van der Waals surface area contributed by atoms with Gasteiger partial charge in [0.05, 0.1) is 43.2 Å². The number of rotatable bonds is 10. The highest BCUT2D eigenvalue weighted by molar-refractivity contribution is 7.92. The number of anilines is 1. The fraction of sp³-hybridized carbons (Fsp3) is 0.240. The van der Waals surface area contributed by atoms with Crippen molar-refractivity contribution in [1.82, 2.24) is 5.32 Å². The first-order valence-electron chi connectivity index (χ1n) is 10.8. The normalized spacial score (nSPS) is 11.0. The van der Waals surface area contributed by atoms with Gasteiger partial charge in [0, 0.05) is 18.2 Å². The molecule has 1 amide bonds. The lowest BCUT2D eigenvalue weighted by atomic mass is 10.1. The molecule has 0 aliphatic rings. The Labute approximate surface area is 209 Å². The van der Waals surface area contributed by atoms with Crippen LogP contribution in [0.3, 0.4) is 0 Å². The zero-order valence-electron chi connectivity index (χ0n) is 20.3. The van der Waals surface area contributed by atoms with Gasteiger partial charge in [-0.15, -0.1) is 0 Å². The van der Waals surface area contributed by atoms with Crippen LogP contribution in [0.4, 0.5) is 11.4 Å². The van der Waals surface area contributed by atoms with Gasteiger partial charge in [-0.05, 0) is 48.4 Å². The predicted molar refractivity (Wildman–Crippen MR) is 136 cm³/mol. The van der Waals surface area contributed by atoms with E-state index in [2.05, 4.69) is 5.32 Å². The van der Waals surface area contributed by atoms with Crippen molar-refractivity contribution in [3.05, 3.63) is 93.0 Å². The van der Waals surface area contributed by atoms with E-state index in [-0.39, 0.29) is 35.9 Å². The van der Waals surface area contributed by atoms with Crippen molar-refractivity contribution in [3.8, 4) is 11.5 Å². The average Bonchev–Trinajstić information content (AvgIpc) is 2.85. The van der Waals surface area contributed by atoms with Crippen molar-refractivity contribution in [2.45, 2.75) is 20.0 Å². The summed E-state index contributed by atoms with van der Waals surface area (Å²) in [4.78, 5) is 23.4. The number of carbonyl (C=O) groups is 1. The second-order valence-corrected chi connectivity index (χ2v) is 9.92. The standard InChI is InChI=1S/C25H27N3O7S/c1-17-21(6-5-7-22(17)28(30)31)27(36(4,32)33)16-18-8-11-20(12-9-18)25(29)26-15-19-10-13-23(34-2)24(14-19)35-3/h5-14H,15-16H2,1-4H3,(H,26,29). The van der Waals surface area contributed by atoms with Crippen LogP contribution in [0.1, 0.15) is 27.0 Å². The lowest BCUT2D eigenvalue weighted by Gasteiger charge is -2.24. The summed E-state index contributed by atoms with van der Waals surface area (Å²) in [7, 11) is -0.666. The van der Waals surface area contributed by atoms with Crippen LogP contribution in [-0.2, 0) is 23.1 Å². The molecule has 0 fully saturated rings. The lowest BCUT2D eigenvalue weighted by Crippen LogP contribution is -2.30. The molecular weight excluding hydrogens is 486 g/mol.